The number of likely N-dealkylation sites (tertiary alicyclic amines) is 1. The van der Waals surface area contributed by atoms with Crippen molar-refractivity contribution in [2.45, 2.75) is 44.7 Å². The Bertz CT molecular complexity index is 377. The van der Waals surface area contributed by atoms with Crippen molar-refractivity contribution in [2.24, 2.45) is 5.92 Å². The van der Waals surface area contributed by atoms with Crippen LogP contribution in [0.4, 0.5) is 0 Å². The molecule has 0 aliphatic carbocycles. The highest BCUT2D eigenvalue weighted by atomic mass is 32.2. The summed E-state index contributed by atoms with van der Waals surface area (Å²) in [6.07, 6.45) is 2.67. The number of aliphatic hydroxyl groups excluding tert-OH is 1. The fraction of sp³-hybridized carbons (Fsp3) is 1.00. The van der Waals surface area contributed by atoms with Crippen LogP contribution < -0.4 is 0 Å². The van der Waals surface area contributed by atoms with Crippen molar-refractivity contribution < 1.29 is 13.5 Å². The van der Waals surface area contributed by atoms with E-state index in [2.05, 4.69) is 18.7 Å². The van der Waals surface area contributed by atoms with Gasteiger partial charge in [0.15, 0.2) is 9.84 Å². The van der Waals surface area contributed by atoms with Crippen molar-refractivity contribution in [3.05, 3.63) is 0 Å². The van der Waals surface area contributed by atoms with Crippen LogP contribution in [-0.2, 0) is 9.84 Å². The molecule has 0 aromatic rings. The van der Waals surface area contributed by atoms with E-state index < -0.39 is 9.84 Å². The van der Waals surface area contributed by atoms with E-state index in [1.54, 1.807) is 0 Å². The molecule has 0 amide bonds. The molecule has 0 aromatic carbocycles. The van der Waals surface area contributed by atoms with Gasteiger partial charge in [-0.05, 0) is 45.6 Å². The molecule has 0 radical (unpaired) electrons. The van der Waals surface area contributed by atoms with E-state index in [9.17, 15) is 8.42 Å². The summed E-state index contributed by atoms with van der Waals surface area (Å²) in [6.45, 7) is 5.57. The first kappa shape index (κ1) is 13.3. The molecular weight excluding hydrogens is 238 g/mol. The van der Waals surface area contributed by atoms with E-state index >= 15 is 0 Å². The number of nitrogens with zero attached hydrogens (tertiary/aromatic N) is 1. The molecule has 1 N–H and O–H groups in total. The highest BCUT2D eigenvalue weighted by Crippen LogP contribution is 2.39. The van der Waals surface area contributed by atoms with E-state index in [1.807, 2.05) is 0 Å². The smallest absolute Gasteiger partial charge is 0.151 e. The Kier molecular flexibility index (Phi) is 3.54. The average molecular weight is 261 g/mol. The Balaban J connectivity index is 2.08. The van der Waals surface area contributed by atoms with Crippen LogP contribution in [0.5, 0.6) is 0 Å². The molecule has 0 bridgehead atoms. The molecule has 2 heterocycles. The molecular formula is C12H23NO3S. The molecule has 5 heteroatoms. The molecule has 2 unspecified atom stereocenters. The molecule has 2 fully saturated rings. The van der Waals surface area contributed by atoms with Gasteiger partial charge in [0.2, 0.25) is 0 Å². The molecule has 2 aliphatic heterocycles. The Labute approximate surface area is 104 Å². The van der Waals surface area contributed by atoms with Crippen molar-refractivity contribution in [1.82, 2.24) is 4.90 Å². The van der Waals surface area contributed by atoms with Gasteiger partial charge in [-0.15, -0.1) is 0 Å². The second kappa shape index (κ2) is 4.52. The molecule has 2 atom stereocenters. The van der Waals surface area contributed by atoms with Crippen LogP contribution in [0, 0.1) is 5.92 Å². The van der Waals surface area contributed by atoms with Crippen LogP contribution in [0.25, 0.3) is 0 Å². The maximum absolute atomic E-state index is 11.5. The molecule has 0 spiro atoms. The number of rotatable bonds is 3. The first-order valence-electron chi connectivity index (χ1n) is 6.45. The highest BCUT2D eigenvalue weighted by Gasteiger charge is 2.46. The molecule has 100 valence electrons. The summed E-state index contributed by atoms with van der Waals surface area (Å²) in [6, 6.07) is 0.193. The van der Waals surface area contributed by atoms with E-state index in [-0.39, 0.29) is 18.2 Å². The Morgan fingerprint density at radius 1 is 1.35 bits per heavy atom. The van der Waals surface area contributed by atoms with Crippen molar-refractivity contribution in [3.63, 3.8) is 0 Å². The fourth-order valence-electron chi connectivity index (χ4n) is 3.50. The van der Waals surface area contributed by atoms with Crippen LogP contribution in [0.15, 0.2) is 0 Å². The summed E-state index contributed by atoms with van der Waals surface area (Å²) < 4.78 is 23.1. The van der Waals surface area contributed by atoms with Gasteiger partial charge in [0.05, 0.1) is 11.5 Å². The summed E-state index contributed by atoms with van der Waals surface area (Å²) in [7, 11) is -2.80. The average Bonchev–Trinajstić information content (AvgIpc) is 2.69. The van der Waals surface area contributed by atoms with Gasteiger partial charge in [-0.1, -0.05) is 0 Å². The standard InChI is InChI=1S/C12H23NO3S/c1-12(2)10(4-7-14)3-6-13(12)11-5-8-17(15,16)9-11/h10-11,14H,3-9H2,1-2H3. The minimum absolute atomic E-state index is 0.0211. The number of hydrogen-bond donors (Lipinski definition) is 1. The van der Waals surface area contributed by atoms with Gasteiger partial charge >= 0.3 is 0 Å². The fourth-order valence-corrected chi connectivity index (χ4v) is 5.23. The van der Waals surface area contributed by atoms with Gasteiger partial charge < -0.3 is 5.11 Å². The third kappa shape index (κ3) is 2.51. The zero-order valence-corrected chi connectivity index (χ0v) is 11.5. The van der Waals surface area contributed by atoms with Crippen molar-refractivity contribution in [2.75, 3.05) is 24.7 Å². The quantitative estimate of drug-likeness (QED) is 0.811. The third-order valence-electron chi connectivity index (χ3n) is 4.58. The van der Waals surface area contributed by atoms with Gasteiger partial charge in [0.25, 0.3) is 0 Å². The molecule has 17 heavy (non-hydrogen) atoms. The van der Waals surface area contributed by atoms with Crippen LogP contribution >= 0.6 is 0 Å². The Hall–Kier alpha value is -0.130. The number of sulfone groups is 1. The topological polar surface area (TPSA) is 57.6 Å². The van der Waals surface area contributed by atoms with Gasteiger partial charge in [-0.2, -0.15) is 0 Å². The lowest BCUT2D eigenvalue weighted by Crippen LogP contribution is -2.48. The van der Waals surface area contributed by atoms with Crippen LogP contribution in [-0.4, -0.2) is 54.7 Å². The zero-order valence-electron chi connectivity index (χ0n) is 10.7. The first-order valence-corrected chi connectivity index (χ1v) is 8.27. The lowest BCUT2D eigenvalue weighted by atomic mass is 9.85. The lowest BCUT2D eigenvalue weighted by Gasteiger charge is -2.39. The Morgan fingerprint density at radius 3 is 2.59 bits per heavy atom. The zero-order chi connectivity index (χ0) is 12.7. The second-order valence-electron chi connectivity index (χ2n) is 5.90. The lowest BCUT2D eigenvalue weighted by molar-refractivity contribution is 0.0885. The van der Waals surface area contributed by atoms with E-state index in [4.69, 9.17) is 5.11 Å². The van der Waals surface area contributed by atoms with Crippen molar-refractivity contribution in [3.8, 4) is 0 Å². The monoisotopic (exact) mass is 261 g/mol. The molecule has 2 rings (SSSR count). The molecule has 2 aliphatic rings. The largest absolute Gasteiger partial charge is 0.396 e. The Morgan fingerprint density at radius 2 is 2.06 bits per heavy atom. The van der Waals surface area contributed by atoms with Gasteiger partial charge in [0.1, 0.15) is 0 Å². The summed E-state index contributed by atoms with van der Waals surface area (Å²) >= 11 is 0. The number of hydrogen-bond acceptors (Lipinski definition) is 4. The van der Waals surface area contributed by atoms with E-state index in [1.165, 1.54) is 0 Å². The predicted molar refractivity (Wildman–Crippen MR) is 67.7 cm³/mol. The van der Waals surface area contributed by atoms with Crippen molar-refractivity contribution in [1.29, 1.82) is 0 Å². The minimum Gasteiger partial charge on any atom is -0.396 e. The first-order chi connectivity index (χ1) is 7.87. The third-order valence-corrected chi connectivity index (χ3v) is 6.33. The number of aliphatic hydroxyl groups is 1. The molecule has 4 nitrogen and oxygen atoms in total. The minimum atomic E-state index is -2.80. The molecule has 0 aromatic heterocycles. The maximum Gasteiger partial charge on any atom is 0.151 e. The van der Waals surface area contributed by atoms with Crippen LogP contribution in [0.3, 0.4) is 0 Å². The van der Waals surface area contributed by atoms with E-state index in [0.29, 0.717) is 17.4 Å². The summed E-state index contributed by atoms with van der Waals surface area (Å²) in [4.78, 5) is 2.36. The second-order valence-corrected chi connectivity index (χ2v) is 8.13. The van der Waals surface area contributed by atoms with Gasteiger partial charge in [-0.25, -0.2) is 8.42 Å². The molecule has 2 saturated heterocycles. The predicted octanol–water partition coefficient (Wildman–Crippen LogP) is 0.656. The summed E-state index contributed by atoms with van der Waals surface area (Å²) in [5.74, 6) is 1.15. The van der Waals surface area contributed by atoms with Gasteiger partial charge in [0, 0.05) is 18.2 Å². The van der Waals surface area contributed by atoms with Crippen LogP contribution in [0.2, 0.25) is 0 Å². The normalized spacial score (nSPS) is 36.4. The van der Waals surface area contributed by atoms with Crippen molar-refractivity contribution >= 4 is 9.84 Å². The SMILES string of the molecule is CC1(C)C(CCO)CCN1C1CCS(=O)(=O)C1. The van der Waals surface area contributed by atoms with Gasteiger partial charge in [-0.3, -0.25) is 4.90 Å². The van der Waals surface area contributed by atoms with Crippen LogP contribution in [0.1, 0.15) is 33.1 Å². The highest BCUT2D eigenvalue weighted by molar-refractivity contribution is 7.91. The summed E-state index contributed by atoms with van der Waals surface area (Å²) in [5.41, 5.74) is 0.0211. The van der Waals surface area contributed by atoms with E-state index in [0.717, 1.165) is 25.8 Å². The molecule has 0 saturated carbocycles. The summed E-state index contributed by atoms with van der Waals surface area (Å²) in [5, 5.41) is 9.08. The maximum atomic E-state index is 11.5.